The molecule has 2 aromatic rings. The normalized spacial score (nSPS) is 10.8. The van der Waals surface area contributed by atoms with Gasteiger partial charge in [0.05, 0.1) is 3.57 Å². The van der Waals surface area contributed by atoms with Crippen LogP contribution >= 0.6 is 22.6 Å². The molecule has 0 aromatic carbocycles. The SMILES string of the molecule is Cc1ncc(I)c(=O)n1CCc1nccn1C. The molecule has 0 N–H and O–H groups in total. The van der Waals surface area contributed by atoms with Crippen LogP contribution in [0.4, 0.5) is 0 Å². The van der Waals surface area contributed by atoms with Crippen molar-refractivity contribution >= 4 is 22.6 Å². The highest BCUT2D eigenvalue weighted by Crippen LogP contribution is 2.01. The van der Waals surface area contributed by atoms with Crippen LogP contribution in [-0.2, 0) is 20.0 Å². The van der Waals surface area contributed by atoms with Crippen LogP contribution in [0, 0.1) is 10.5 Å². The quantitative estimate of drug-likeness (QED) is 0.785. The first kappa shape index (κ1) is 12.3. The third-order valence-electron chi connectivity index (χ3n) is 2.68. The molecule has 0 fully saturated rings. The molecule has 0 aliphatic rings. The van der Waals surface area contributed by atoms with Crippen LogP contribution in [0.5, 0.6) is 0 Å². The number of hydrogen-bond acceptors (Lipinski definition) is 3. The van der Waals surface area contributed by atoms with Gasteiger partial charge in [-0.15, -0.1) is 0 Å². The molecule has 90 valence electrons. The number of halogens is 1. The van der Waals surface area contributed by atoms with E-state index in [2.05, 4.69) is 9.97 Å². The first-order chi connectivity index (χ1) is 8.09. The second-order valence-corrected chi connectivity index (χ2v) is 4.98. The lowest BCUT2D eigenvalue weighted by atomic mass is 10.4. The van der Waals surface area contributed by atoms with E-state index in [4.69, 9.17) is 0 Å². The van der Waals surface area contributed by atoms with Crippen LogP contribution in [0.15, 0.2) is 23.4 Å². The summed E-state index contributed by atoms with van der Waals surface area (Å²) in [5.41, 5.74) is 0.0207. The van der Waals surface area contributed by atoms with Gasteiger partial charge >= 0.3 is 0 Å². The molecule has 0 radical (unpaired) electrons. The van der Waals surface area contributed by atoms with Crippen molar-refractivity contribution in [1.29, 1.82) is 0 Å². The van der Waals surface area contributed by atoms with Gasteiger partial charge < -0.3 is 4.57 Å². The molecule has 0 unspecified atom stereocenters. The lowest BCUT2D eigenvalue weighted by Crippen LogP contribution is -2.26. The van der Waals surface area contributed by atoms with E-state index in [9.17, 15) is 4.79 Å². The molecule has 0 atom stereocenters. The van der Waals surface area contributed by atoms with Gasteiger partial charge in [0.25, 0.3) is 5.56 Å². The molecule has 2 heterocycles. The van der Waals surface area contributed by atoms with Gasteiger partial charge in [0.1, 0.15) is 11.6 Å². The minimum Gasteiger partial charge on any atom is -0.338 e. The zero-order valence-electron chi connectivity index (χ0n) is 9.72. The third-order valence-corrected chi connectivity index (χ3v) is 3.42. The molecule has 0 aliphatic carbocycles. The Morgan fingerprint density at radius 2 is 2.18 bits per heavy atom. The summed E-state index contributed by atoms with van der Waals surface area (Å²) in [7, 11) is 1.95. The first-order valence-electron chi connectivity index (χ1n) is 5.27. The zero-order valence-corrected chi connectivity index (χ0v) is 11.9. The van der Waals surface area contributed by atoms with Crippen molar-refractivity contribution in [3.63, 3.8) is 0 Å². The number of hydrogen-bond donors (Lipinski definition) is 0. The lowest BCUT2D eigenvalue weighted by molar-refractivity contribution is 0.600. The summed E-state index contributed by atoms with van der Waals surface area (Å²) < 4.78 is 4.30. The topological polar surface area (TPSA) is 52.7 Å². The predicted octanol–water partition coefficient (Wildman–Crippen LogP) is 1.13. The van der Waals surface area contributed by atoms with Crippen LogP contribution in [0.1, 0.15) is 11.6 Å². The second-order valence-electron chi connectivity index (χ2n) is 3.81. The highest BCUT2D eigenvalue weighted by Gasteiger charge is 2.06. The molecule has 5 nitrogen and oxygen atoms in total. The van der Waals surface area contributed by atoms with E-state index in [1.54, 1.807) is 17.0 Å². The zero-order chi connectivity index (χ0) is 12.4. The molecule has 0 spiro atoms. The minimum absolute atomic E-state index is 0.0207. The van der Waals surface area contributed by atoms with Crippen LogP contribution < -0.4 is 5.56 Å². The van der Waals surface area contributed by atoms with E-state index in [0.29, 0.717) is 10.1 Å². The smallest absolute Gasteiger partial charge is 0.266 e. The molecule has 0 saturated carbocycles. The van der Waals surface area contributed by atoms with Gasteiger partial charge in [-0.05, 0) is 29.5 Å². The van der Waals surface area contributed by atoms with Crippen molar-refractivity contribution in [3.8, 4) is 0 Å². The van der Waals surface area contributed by atoms with Crippen LogP contribution in [-0.4, -0.2) is 19.1 Å². The van der Waals surface area contributed by atoms with Crippen molar-refractivity contribution in [2.45, 2.75) is 19.9 Å². The van der Waals surface area contributed by atoms with E-state index >= 15 is 0 Å². The molecule has 2 aromatic heterocycles. The number of nitrogens with zero attached hydrogens (tertiary/aromatic N) is 4. The van der Waals surface area contributed by atoms with Gasteiger partial charge in [-0.3, -0.25) is 9.36 Å². The van der Waals surface area contributed by atoms with Crippen molar-refractivity contribution in [2.75, 3.05) is 0 Å². The van der Waals surface area contributed by atoms with Crippen LogP contribution in [0.3, 0.4) is 0 Å². The number of imidazole rings is 1. The number of aryl methyl sites for hydroxylation is 3. The Bertz CT molecular complexity index is 587. The highest BCUT2D eigenvalue weighted by atomic mass is 127. The third kappa shape index (κ3) is 2.56. The number of aromatic nitrogens is 4. The highest BCUT2D eigenvalue weighted by molar-refractivity contribution is 14.1. The molecule has 17 heavy (non-hydrogen) atoms. The Hall–Kier alpha value is -1.18. The van der Waals surface area contributed by atoms with E-state index in [1.807, 2.05) is 47.3 Å². The summed E-state index contributed by atoms with van der Waals surface area (Å²) in [6.07, 6.45) is 6.00. The van der Waals surface area contributed by atoms with Gasteiger partial charge in [-0.25, -0.2) is 9.97 Å². The number of rotatable bonds is 3. The summed E-state index contributed by atoms with van der Waals surface area (Å²) in [6, 6.07) is 0. The maximum Gasteiger partial charge on any atom is 0.266 e. The second kappa shape index (κ2) is 4.99. The molecule has 0 aliphatic heterocycles. The maximum atomic E-state index is 11.9. The molecule has 6 heteroatoms. The summed E-state index contributed by atoms with van der Waals surface area (Å²) in [4.78, 5) is 20.4. The summed E-state index contributed by atoms with van der Waals surface area (Å²) >= 11 is 2.01. The molecule has 0 bridgehead atoms. The standard InChI is InChI=1S/C11H13IN4O/c1-8-14-7-9(12)11(17)16(8)5-3-10-13-4-6-15(10)2/h4,6-7H,3,5H2,1-2H3. The lowest BCUT2D eigenvalue weighted by Gasteiger charge is -2.09. The van der Waals surface area contributed by atoms with Gasteiger partial charge in [0.2, 0.25) is 0 Å². The largest absolute Gasteiger partial charge is 0.338 e. The Morgan fingerprint density at radius 1 is 1.41 bits per heavy atom. The fourth-order valence-corrected chi connectivity index (χ4v) is 2.09. The van der Waals surface area contributed by atoms with E-state index < -0.39 is 0 Å². The monoisotopic (exact) mass is 344 g/mol. The van der Waals surface area contributed by atoms with Gasteiger partial charge in [0.15, 0.2) is 0 Å². The van der Waals surface area contributed by atoms with Crippen LogP contribution in [0.2, 0.25) is 0 Å². The summed E-state index contributed by atoms with van der Waals surface area (Å²) in [5, 5.41) is 0. The van der Waals surface area contributed by atoms with Gasteiger partial charge in [-0.2, -0.15) is 0 Å². The summed E-state index contributed by atoms with van der Waals surface area (Å²) in [6.45, 7) is 2.45. The summed E-state index contributed by atoms with van der Waals surface area (Å²) in [5.74, 6) is 1.71. The maximum absolute atomic E-state index is 11.9. The van der Waals surface area contributed by atoms with E-state index in [1.165, 1.54) is 0 Å². The van der Waals surface area contributed by atoms with Crippen molar-refractivity contribution in [1.82, 2.24) is 19.1 Å². The molecular formula is C11H13IN4O. The molecular weight excluding hydrogens is 331 g/mol. The van der Waals surface area contributed by atoms with Gasteiger partial charge in [-0.1, -0.05) is 0 Å². The average molecular weight is 344 g/mol. The van der Waals surface area contributed by atoms with E-state index in [-0.39, 0.29) is 5.56 Å². The minimum atomic E-state index is 0.0207. The first-order valence-corrected chi connectivity index (χ1v) is 6.35. The molecule has 2 rings (SSSR count). The fourth-order valence-electron chi connectivity index (χ4n) is 1.66. The van der Waals surface area contributed by atoms with Crippen molar-refractivity contribution in [2.24, 2.45) is 7.05 Å². The Labute approximate surface area is 113 Å². The average Bonchev–Trinajstić information content (AvgIpc) is 2.70. The Morgan fingerprint density at radius 3 is 2.82 bits per heavy atom. The Kier molecular flexibility index (Phi) is 3.60. The predicted molar refractivity (Wildman–Crippen MR) is 72.9 cm³/mol. The van der Waals surface area contributed by atoms with E-state index in [0.717, 1.165) is 18.1 Å². The van der Waals surface area contributed by atoms with Crippen LogP contribution in [0.25, 0.3) is 0 Å². The molecule has 0 amide bonds. The van der Waals surface area contributed by atoms with Crippen molar-refractivity contribution < 1.29 is 0 Å². The van der Waals surface area contributed by atoms with Crippen molar-refractivity contribution in [3.05, 3.63) is 44.2 Å². The Balaban J connectivity index is 2.23. The molecule has 0 saturated heterocycles. The van der Waals surface area contributed by atoms with Gasteiger partial charge in [0, 0.05) is 38.6 Å². The fraction of sp³-hybridized carbons (Fsp3) is 0.364.